The van der Waals surface area contributed by atoms with Crippen molar-refractivity contribution in [3.8, 4) is 6.07 Å². The second-order valence-electron chi connectivity index (χ2n) is 5.48. The second kappa shape index (κ2) is 6.69. The predicted molar refractivity (Wildman–Crippen MR) is 87.4 cm³/mol. The Bertz CT molecular complexity index is 708. The highest BCUT2D eigenvalue weighted by Crippen LogP contribution is 2.16. The molecule has 2 aromatic rings. The Hall–Kier alpha value is -1.92. The molecule has 0 aliphatic rings. The van der Waals surface area contributed by atoms with Crippen LogP contribution in [-0.2, 0) is 22.3 Å². The van der Waals surface area contributed by atoms with Crippen molar-refractivity contribution in [2.45, 2.75) is 32.3 Å². The van der Waals surface area contributed by atoms with Crippen LogP contribution in [0.3, 0.4) is 0 Å². The number of hydrogen-bond donors (Lipinski definition) is 0. The Kier molecular flexibility index (Phi) is 4.93. The minimum atomic E-state index is -0.940. The molecule has 1 atom stereocenters. The van der Waals surface area contributed by atoms with Gasteiger partial charge >= 0.3 is 0 Å². The first-order chi connectivity index (χ1) is 9.97. The highest BCUT2D eigenvalue weighted by Gasteiger charge is 2.07. The van der Waals surface area contributed by atoms with Gasteiger partial charge in [-0.2, -0.15) is 5.26 Å². The molecule has 21 heavy (non-hydrogen) atoms. The first-order valence-electron chi connectivity index (χ1n) is 6.89. The van der Waals surface area contributed by atoms with Crippen molar-refractivity contribution in [1.82, 2.24) is 0 Å². The lowest BCUT2D eigenvalue weighted by Gasteiger charge is -2.08. The van der Waals surface area contributed by atoms with Gasteiger partial charge in [0.15, 0.2) is 0 Å². The fourth-order valence-corrected chi connectivity index (χ4v) is 3.80. The fraction of sp³-hybridized carbons (Fsp3) is 0.278. The van der Waals surface area contributed by atoms with Gasteiger partial charge in [-0.1, -0.05) is 35.4 Å². The summed E-state index contributed by atoms with van der Waals surface area (Å²) in [7, 11) is -0.940. The van der Waals surface area contributed by atoms with E-state index < -0.39 is 10.8 Å². The number of aryl methyl sites for hydroxylation is 3. The molecule has 0 spiro atoms. The second-order valence-corrected chi connectivity index (χ2v) is 6.93. The van der Waals surface area contributed by atoms with Crippen LogP contribution in [0.2, 0.25) is 0 Å². The molecule has 0 N–H and O–H groups in total. The maximum atomic E-state index is 12.4. The average Bonchev–Trinajstić information content (AvgIpc) is 2.39. The summed E-state index contributed by atoms with van der Waals surface area (Å²) in [4.78, 5) is 0. The van der Waals surface area contributed by atoms with Gasteiger partial charge in [0.25, 0.3) is 0 Å². The molecule has 0 radical (unpaired) electrons. The van der Waals surface area contributed by atoms with Gasteiger partial charge in [-0.05, 0) is 49.6 Å². The molecule has 0 aliphatic carbocycles. The highest BCUT2D eigenvalue weighted by molar-refractivity contribution is 7.83. The van der Waals surface area contributed by atoms with E-state index in [0.717, 1.165) is 16.7 Å². The minimum absolute atomic E-state index is 0.532. The van der Waals surface area contributed by atoms with Crippen molar-refractivity contribution in [3.05, 3.63) is 69.8 Å². The lowest BCUT2D eigenvalue weighted by molar-refractivity contribution is 0.682. The van der Waals surface area contributed by atoms with Gasteiger partial charge in [-0.25, -0.2) is 0 Å². The molecular weight excluding hydrogens is 278 g/mol. The number of hydrogen-bond acceptors (Lipinski definition) is 2. The Balaban J connectivity index is 2.10. The van der Waals surface area contributed by atoms with Crippen LogP contribution in [-0.4, -0.2) is 4.21 Å². The van der Waals surface area contributed by atoms with Crippen molar-refractivity contribution in [2.24, 2.45) is 0 Å². The molecule has 2 aromatic carbocycles. The van der Waals surface area contributed by atoms with E-state index in [1.54, 1.807) is 6.07 Å². The molecule has 0 heterocycles. The Morgan fingerprint density at radius 2 is 1.67 bits per heavy atom. The Morgan fingerprint density at radius 1 is 1.00 bits per heavy atom. The summed E-state index contributed by atoms with van der Waals surface area (Å²) >= 11 is 0. The molecule has 0 bridgehead atoms. The summed E-state index contributed by atoms with van der Waals surface area (Å²) in [5.41, 5.74) is 6.26. The summed E-state index contributed by atoms with van der Waals surface area (Å²) in [6.07, 6.45) is 0. The number of nitriles is 1. The first-order valence-corrected chi connectivity index (χ1v) is 8.38. The quantitative estimate of drug-likeness (QED) is 0.858. The molecule has 108 valence electrons. The van der Waals surface area contributed by atoms with Gasteiger partial charge in [0.2, 0.25) is 0 Å². The van der Waals surface area contributed by atoms with E-state index in [0.29, 0.717) is 17.1 Å². The molecule has 0 amide bonds. The summed E-state index contributed by atoms with van der Waals surface area (Å²) in [6.45, 7) is 6.08. The van der Waals surface area contributed by atoms with Crippen LogP contribution in [0.1, 0.15) is 33.4 Å². The molecule has 0 saturated carbocycles. The fourth-order valence-electron chi connectivity index (χ4n) is 2.49. The topological polar surface area (TPSA) is 40.9 Å². The smallest absolute Gasteiger partial charge is 0.0991 e. The van der Waals surface area contributed by atoms with Gasteiger partial charge in [-0.3, -0.25) is 4.21 Å². The minimum Gasteiger partial charge on any atom is -0.259 e. The van der Waals surface area contributed by atoms with Gasteiger partial charge in [0.1, 0.15) is 0 Å². The molecule has 0 aromatic heterocycles. The van der Waals surface area contributed by atoms with E-state index in [1.807, 2.05) is 19.1 Å². The molecule has 2 nitrogen and oxygen atoms in total. The standard InChI is InChI=1S/C18H19NOS/c1-13-6-14(2)8-17(7-13)11-21(20)12-18-5-4-16(10-19)9-15(18)3/h4-9H,11-12H2,1-3H3. The van der Waals surface area contributed by atoms with Gasteiger partial charge in [-0.15, -0.1) is 0 Å². The van der Waals surface area contributed by atoms with Gasteiger partial charge in [0.05, 0.1) is 11.6 Å². The monoisotopic (exact) mass is 297 g/mol. The van der Waals surface area contributed by atoms with Crippen molar-refractivity contribution in [2.75, 3.05) is 0 Å². The molecule has 0 fully saturated rings. The molecule has 3 heteroatoms. The molecule has 0 aliphatic heterocycles. The summed E-state index contributed by atoms with van der Waals surface area (Å²) in [6, 6.07) is 14.0. The Labute approximate surface area is 128 Å². The third-order valence-corrected chi connectivity index (χ3v) is 4.69. The molecular formula is C18H19NOS. The van der Waals surface area contributed by atoms with E-state index in [2.05, 4.69) is 38.1 Å². The van der Waals surface area contributed by atoms with E-state index in [1.165, 1.54) is 11.1 Å². The van der Waals surface area contributed by atoms with E-state index in [9.17, 15) is 4.21 Å². The van der Waals surface area contributed by atoms with Crippen LogP contribution >= 0.6 is 0 Å². The maximum absolute atomic E-state index is 12.4. The van der Waals surface area contributed by atoms with Crippen LogP contribution in [0.5, 0.6) is 0 Å². The van der Waals surface area contributed by atoms with Crippen LogP contribution in [0, 0.1) is 32.1 Å². The molecule has 2 rings (SSSR count). The zero-order valence-corrected chi connectivity index (χ0v) is 13.5. The number of benzene rings is 2. The Morgan fingerprint density at radius 3 is 2.24 bits per heavy atom. The molecule has 1 unspecified atom stereocenters. The van der Waals surface area contributed by atoms with E-state index in [-0.39, 0.29) is 0 Å². The van der Waals surface area contributed by atoms with Crippen molar-refractivity contribution < 1.29 is 4.21 Å². The van der Waals surface area contributed by atoms with Crippen LogP contribution in [0.15, 0.2) is 36.4 Å². The van der Waals surface area contributed by atoms with Gasteiger partial charge in [0, 0.05) is 22.3 Å². The average molecular weight is 297 g/mol. The summed E-state index contributed by atoms with van der Waals surface area (Å²) in [5.74, 6) is 1.10. The summed E-state index contributed by atoms with van der Waals surface area (Å²) < 4.78 is 12.4. The lowest BCUT2D eigenvalue weighted by atomic mass is 10.1. The van der Waals surface area contributed by atoms with Crippen LogP contribution in [0.4, 0.5) is 0 Å². The zero-order chi connectivity index (χ0) is 15.4. The predicted octanol–water partition coefficient (Wildman–Crippen LogP) is 3.93. The third-order valence-electron chi connectivity index (χ3n) is 3.40. The van der Waals surface area contributed by atoms with Crippen LogP contribution in [0.25, 0.3) is 0 Å². The van der Waals surface area contributed by atoms with Crippen LogP contribution < -0.4 is 0 Å². The number of nitrogens with zero attached hydrogens (tertiary/aromatic N) is 1. The van der Waals surface area contributed by atoms with E-state index >= 15 is 0 Å². The van der Waals surface area contributed by atoms with E-state index in [4.69, 9.17) is 5.26 Å². The first kappa shape index (κ1) is 15.5. The van der Waals surface area contributed by atoms with Gasteiger partial charge < -0.3 is 0 Å². The largest absolute Gasteiger partial charge is 0.259 e. The van der Waals surface area contributed by atoms with Crippen molar-refractivity contribution >= 4 is 10.8 Å². The SMILES string of the molecule is Cc1cc(C)cc(CS(=O)Cc2ccc(C#N)cc2C)c1. The summed E-state index contributed by atoms with van der Waals surface area (Å²) in [5, 5.41) is 8.87. The normalized spacial score (nSPS) is 11.9. The van der Waals surface area contributed by atoms with Crippen molar-refractivity contribution in [1.29, 1.82) is 5.26 Å². The lowest BCUT2D eigenvalue weighted by Crippen LogP contribution is -2.02. The number of rotatable bonds is 4. The highest BCUT2D eigenvalue weighted by atomic mass is 32.2. The van der Waals surface area contributed by atoms with Crippen molar-refractivity contribution in [3.63, 3.8) is 0 Å². The zero-order valence-electron chi connectivity index (χ0n) is 12.6. The maximum Gasteiger partial charge on any atom is 0.0991 e. The molecule has 0 saturated heterocycles. The third kappa shape index (κ3) is 4.27.